The van der Waals surface area contributed by atoms with Crippen LogP contribution in [0.2, 0.25) is 0 Å². The summed E-state index contributed by atoms with van der Waals surface area (Å²) in [6, 6.07) is 8.42. The summed E-state index contributed by atoms with van der Waals surface area (Å²) < 4.78 is 32.2. The summed E-state index contributed by atoms with van der Waals surface area (Å²) in [6.45, 7) is 0. The molecule has 100 valence electrons. The summed E-state index contributed by atoms with van der Waals surface area (Å²) in [5.41, 5.74) is 7.27. The molecule has 0 aliphatic carbocycles. The maximum atomic E-state index is 13.2. The number of rotatable bonds is 3. The lowest BCUT2D eigenvalue weighted by molar-refractivity contribution is 0.407. The van der Waals surface area contributed by atoms with E-state index in [0.29, 0.717) is 16.9 Å². The van der Waals surface area contributed by atoms with Gasteiger partial charge in [0.2, 0.25) is 0 Å². The molecule has 2 rings (SSSR count). The smallest absolute Gasteiger partial charge is 0.159 e. The molecule has 0 saturated carbocycles. The molecule has 1 unspecified atom stereocenters. The van der Waals surface area contributed by atoms with Gasteiger partial charge in [0, 0.05) is 10.0 Å². The number of methoxy groups -OCH3 is 1. The summed E-state index contributed by atoms with van der Waals surface area (Å²) >= 11 is 3.33. The minimum atomic E-state index is -0.913. The molecule has 2 nitrogen and oxygen atoms in total. The van der Waals surface area contributed by atoms with Crippen LogP contribution in [0.25, 0.3) is 0 Å². The van der Waals surface area contributed by atoms with Crippen LogP contribution in [0.5, 0.6) is 5.75 Å². The average molecular weight is 328 g/mol. The molecule has 1 atom stereocenters. The number of ether oxygens (including phenoxy) is 1. The Labute approximate surface area is 118 Å². The second-order valence-electron chi connectivity index (χ2n) is 4.04. The van der Waals surface area contributed by atoms with Crippen molar-refractivity contribution >= 4 is 15.9 Å². The molecular formula is C14H12BrF2NO. The molecule has 0 aliphatic rings. The molecule has 5 heteroatoms. The van der Waals surface area contributed by atoms with E-state index in [2.05, 4.69) is 15.9 Å². The van der Waals surface area contributed by atoms with Crippen LogP contribution in [0.15, 0.2) is 40.9 Å². The fourth-order valence-electron chi connectivity index (χ4n) is 1.83. The van der Waals surface area contributed by atoms with Crippen LogP contribution in [0.3, 0.4) is 0 Å². The van der Waals surface area contributed by atoms with Gasteiger partial charge in [-0.05, 0) is 29.8 Å². The van der Waals surface area contributed by atoms with Gasteiger partial charge in [0.1, 0.15) is 5.75 Å². The standard InChI is InChI=1S/C14H12BrF2NO/c1-19-13-7-9(15)3-4-10(13)14(18)8-2-5-11(16)12(17)6-8/h2-7,14H,18H2,1H3. The largest absolute Gasteiger partial charge is 0.496 e. The quantitative estimate of drug-likeness (QED) is 0.931. The van der Waals surface area contributed by atoms with Gasteiger partial charge < -0.3 is 10.5 Å². The monoisotopic (exact) mass is 327 g/mol. The Morgan fingerprint density at radius 3 is 2.47 bits per heavy atom. The maximum absolute atomic E-state index is 13.2. The fourth-order valence-corrected chi connectivity index (χ4v) is 2.17. The predicted molar refractivity (Wildman–Crippen MR) is 73.1 cm³/mol. The van der Waals surface area contributed by atoms with Crippen LogP contribution in [0.1, 0.15) is 17.2 Å². The molecule has 0 heterocycles. The first-order chi connectivity index (χ1) is 9.02. The lowest BCUT2D eigenvalue weighted by atomic mass is 9.98. The van der Waals surface area contributed by atoms with Crippen LogP contribution in [-0.4, -0.2) is 7.11 Å². The van der Waals surface area contributed by atoms with Crippen molar-refractivity contribution in [3.05, 3.63) is 63.6 Å². The minimum Gasteiger partial charge on any atom is -0.496 e. The molecule has 0 bridgehead atoms. The highest BCUT2D eigenvalue weighted by Crippen LogP contribution is 2.31. The Bertz CT molecular complexity index is 604. The van der Waals surface area contributed by atoms with E-state index in [1.54, 1.807) is 12.1 Å². The zero-order valence-corrected chi connectivity index (χ0v) is 11.7. The lowest BCUT2D eigenvalue weighted by Crippen LogP contribution is -2.13. The van der Waals surface area contributed by atoms with E-state index in [1.807, 2.05) is 6.07 Å². The van der Waals surface area contributed by atoms with E-state index >= 15 is 0 Å². The van der Waals surface area contributed by atoms with Gasteiger partial charge in [-0.2, -0.15) is 0 Å². The summed E-state index contributed by atoms with van der Waals surface area (Å²) in [5, 5.41) is 0. The van der Waals surface area contributed by atoms with Crippen LogP contribution >= 0.6 is 15.9 Å². The maximum Gasteiger partial charge on any atom is 0.159 e. The Balaban J connectivity index is 2.43. The van der Waals surface area contributed by atoms with Gasteiger partial charge in [0.25, 0.3) is 0 Å². The molecule has 0 saturated heterocycles. The predicted octanol–water partition coefficient (Wildman–Crippen LogP) is 3.78. The van der Waals surface area contributed by atoms with Crippen molar-refractivity contribution in [1.29, 1.82) is 0 Å². The van der Waals surface area contributed by atoms with E-state index in [0.717, 1.165) is 16.6 Å². The zero-order chi connectivity index (χ0) is 14.0. The number of nitrogens with two attached hydrogens (primary N) is 1. The number of hydrogen-bond acceptors (Lipinski definition) is 2. The van der Waals surface area contributed by atoms with Crippen molar-refractivity contribution in [2.45, 2.75) is 6.04 Å². The van der Waals surface area contributed by atoms with E-state index < -0.39 is 17.7 Å². The number of hydrogen-bond donors (Lipinski definition) is 1. The van der Waals surface area contributed by atoms with Crippen LogP contribution < -0.4 is 10.5 Å². The first-order valence-corrected chi connectivity index (χ1v) is 6.36. The first-order valence-electron chi connectivity index (χ1n) is 5.57. The SMILES string of the molecule is COc1cc(Br)ccc1C(N)c1ccc(F)c(F)c1. The van der Waals surface area contributed by atoms with Crippen molar-refractivity contribution in [3.63, 3.8) is 0 Å². The Morgan fingerprint density at radius 1 is 1.11 bits per heavy atom. The molecule has 0 radical (unpaired) electrons. The van der Waals surface area contributed by atoms with Gasteiger partial charge in [0.05, 0.1) is 13.2 Å². The van der Waals surface area contributed by atoms with Crippen molar-refractivity contribution in [2.24, 2.45) is 5.73 Å². The van der Waals surface area contributed by atoms with Gasteiger partial charge in [-0.25, -0.2) is 8.78 Å². The average Bonchev–Trinajstić information content (AvgIpc) is 2.41. The lowest BCUT2D eigenvalue weighted by Gasteiger charge is -2.16. The van der Waals surface area contributed by atoms with Gasteiger partial charge in [0.15, 0.2) is 11.6 Å². The summed E-state index contributed by atoms with van der Waals surface area (Å²) in [7, 11) is 1.53. The summed E-state index contributed by atoms with van der Waals surface area (Å²) in [5.74, 6) is -1.21. The molecule has 0 amide bonds. The van der Waals surface area contributed by atoms with Crippen molar-refractivity contribution < 1.29 is 13.5 Å². The molecule has 19 heavy (non-hydrogen) atoms. The molecule has 2 aromatic rings. The Hall–Kier alpha value is -1.46. The normalized spacial score (nSPS) is 12.3. The van der Waals surface area contributed by atoms with Crippen molar-refractivity contribution in [1.82, 2.24) is 0 Å². The van der Waals surface area contributed by atoms with Crippen molar-refractivity contribution in [2.75, 3.05) is 7.11 Å². The van der Waals surface area contributed by atoms with Crippen LogP contribution in [-0.2, 0) is 0 Å². The molecule has 2 N–H and O–H groups in total. The molecule has 0 spiro atoms. The number of halogens is 3. The Kier molecular flexibility index (Phi) is 4.17. The summed E-state index contributed by atoms with van der Waals surface area (Å²) in [4.78, 5) is 0. The van der Waals surface area contributed by atoms with Gasteiger partial charge in [-0.15, -0.1) is 0 Å². The third-order valence-corrected chi connectivity index (χ3v) is 3.33. The topological polar surface area (TPSA) is 35.2 Å². The van der Waals surface area contributed by atoms with Crippen LogP contribution in [0, 0.1) is 11.6 Å². The summed E-state index contributed by atoms with van der Waals surface area (Å²) in [6.07, 6.45) is 0. The Morgan fingerprint density at radius 2 is 1.84 bits per heavy atom. The molecule has 0 aromatic heterocycles. The second-order valence-corrected chi connectivity index (χ2v) is 4.95. The van der Waals surface area contributed by atoms with E-state index in [4.69, 9.17) is 10.5 Å². The highest BCUT2D eigenvalue weighted by molar-refractivity contribution is 9.10. The molecular weight excluding hydrogens is 316 g/mol. The fraction of sp³-hybridized carbons (Fsp3) is 0.143. The van der Waals surface area contributed by atoms with Crippen LogP contribution in [0.4, 0.5) is 8.78 Å². The highest BCUT2D eigenvalue weighted by atomic mass is 79.9. The van der Waals surface area contributed by atoms with Crippen molar-refractivity contribution in [3.8, 4) is 5.75 Å². The highest BCUT2D eigenvalue weighted by Gasteiger charge is 2.16. The minimum absolute atomic E-state index is 0.486. The second kappa shape index (κ2) is 5.67. The third kappa shape index (κ3) is 2.93. The third-order valence-electron chi connectivity index (χ3n) is 2.83. The van der Waals surface area contributed by atoms with E-state index in [1.165, 1.54) is 13.2 Å². The first kappa shape index (κ1) is 14.0. The van der Waals surface area contributed by atoms with Gasteiger partial charge in [-0.3, -0.25) is 0 Å². The van der Waals surface area contributed by atoms with E-state index in [-0.39, 0.29) is 0 Å². The van der Waals surface area contributed by atoms with Gasteiger partial charge in [-0.1, -0.05) is 28.1 Å². The zero-order valence-electron chi connectivity index (χ0n) is 10.2. The number of benzene rings is 2. The van der Waals surface area contributed by atoms with E-state index in [9.17, 15) is 8.78 Å². The molecule has 0 fully saturated rings. The molecule has 2 aromatic carbocycles. The van der Waals surface area contributed by atoms with Gasteiger partial charge >= 0.3 is 0 Å². The molecule has 0 aliphatic heterocycles.